The highest BCUT2D eigenvalue weighted by atomic mass is 16.5. The first kappa shape index (κ1) is 15.3. The van der Waals surface area contributed by atoms with Crippen LogP contribution in [0.1, 0.15) is 46.5 Å². The summed E-state index contributed by atoms with van der Waals surface area (Å²) in [5, 5.41) is 3.57. The van der Waals surface area contributed by atoms with Gasteiger partial charge in [-0.25, -0.2) is 0 Å². The van der Waals surface area contributed by atoms with E-state index in [1.165, 1.54) is 38.8 Å². The lowest BCUT2D eigenvalue weighted by molar-refractivity contribution is -0.0386. The van der Waals surface area contributed by atoms with Crippen LogP contribution in [-0.2, 0) is 4.74 Å². The molecule has 19 heavy (non-hydrogen) atoms. The third-order valence-electron chi connectivity index (χ3n) is 4.97. The largest absolute Gasteiger partial charge is 0.381 e. The monoisotopic (exact) mass is 268 g/mol. The average Bonchev–Trinajstić information content (AvgIpc) is 2.41. The number of piperidine rings is 1. The molecule has 2 aliphatic heterocycles. The van der Waals surface area contributed by atoms with Crippen LogP contribution >= 0.6 is 0 Å². The summed E-state index contributed by atoms with van der Waals surface area (Å²) in [6.07, 6.45) is 5.27. The second kappa shape index (κ2) is 7.05. The second-order valence-electron chi connectivity index (χ2n) is 6.89. The van der Waals surface area contributed by atoms with Gasteiger partial charge < -0.3 is 10.1 Å². The molecule has 2 fully saturated rings. The van der Waals surface area contributed by atoms with E-state index in [1.807, 2.05) is 0 Å². The number of nitrogens with one attached hydrogen (secondary N) is 1. The lowest BCUT2D eigenvalue weighted by atomic mass is 9.80. The molecule has 0 aromatic heterocycles. The van der Waals surface area contributed by atoms with Crippen LogP contribution in [-0.4, -0.2) is 50.3 Å². The zero-order chi connectivity index (χ0) is 13.7. The number of ether oxygens (including phenoxy) is 1. The van der Waals surface area contributed by atoms with E-state index in [9.17, 15) is 0 Å². The zero-order valence-electron chi connectivity index (χ0n) is 13.1. The van der Waals surface area contributed by atoms with Crippen molar-refractivity contribution in [1.82, 2.24) is 10.2 Å². The van der Waals surface area contributed by atoms with Gasteiger partial charge >= 0.3 is 0 Å². The maximum atomic E-state index is 5.81. The molecule has 3 unspecified atom stereocenters. The summed E-state index contributed by atoms with van der Waals surface area (Å²) in [5.74, 6) is 0.901. The van der Waals surface area contributed by atoms with Crippen molar-refractivity contribution in [2.24, 2.45) is 11.3 Å². The fraction of sp³-hybridized carbons (Fsp3) is 1.00. The highest BCUT2D eigenvalue weighted by Gasteiger charge is 2.36. The summed E-state index contributed by atoms with van der Waals surface area (Å²) in [6, 6.07) is 0.740. The number of rotatable bonds is 5. The number of likely N-dealkylation sites (tertiary alicyclic amines) is 1. The summed E-state index contributed by atoms with van der Waals surface area (Å²) in [7, 11) is 0. The zero-order valence-corrected chi connectivity index (χ0v) is 13.1. The Kier molecular flexibility index (Phi) is 5.67. The van der Waals surface area contributed by atoms with Gasteiger partial charge in [-0.2, -0.15) is 0 Å². The van der Waals surface area contributed by atoms with Gasteiger partial charge in [0.2, 0.25) is 0 Å². The number of hydrogen-bond acceptors (Lipinski definition) is 3. The van der Waals surface area contributed by atoms with Gasteiger partial charge in [0.15, 0.2) is 0 Å². The Morgan fingerprint density at radius 1 is 1.37 bits per heavy atom. The highest BCUT2D eigenvalue weighted by Crippen LogP contribution is 2.32. The van der Waals surface area contributed by atoms with Crippen LogP contribution in [0.4, 0.5) is 0 Å². The first-order valence-corrected chi connectivity index (χ1v) is 8.18. The summed E-state index contributed by atoms with van der Waals surface area (Å²) in [4.78, 5) is 2.71. The van der Waals surface area contributed by atoms with Gasteiger partial charge in [0.05, 0.1) is 6.61 Å². The average molecular weight is 268 g/mol. The molecule has 2 heterocycles. The van der Waals surface area contributed by atoms with Crippen LogP contribution in [0.25, 0.3) is 0 Å². The van der Waals surface area contributed by atoms with E-state index in [-0.39, 0.29) is 0 Å². The highest BCUT2D eigenvalue weighted by molar-refractivity contribution is 4.90. The minimum Gasteiger partial charge on any atom is -0.381 e. The van der Waals surface area contributed by atoms with E-state index in [1.54, 1.807) is 0 Å². The summed E-state index contributed by atoms with van der Waals surface area (Å²) in [6.45, 7) is 13.6. The van der Waals surface area contributed by atoms with Crippen molar-refractivity contribution in [3.8, 4) is 0 Å². The molecule has 0 aliphatic carbocycles. The molecule has 2 rings (SSSR count). The summed E-state index contributed by atoms with van der Waals surface area (Å²) in [5.41, 5.74) is 0.350. The first-order valence-electron chi connectivity index (χ1n) is 8.18. The van der Waals surface area contributed by atoms with Gasteiger partial charge in [-0.15, -0.1) is 0 Å². The molecule has 0 radical (unpaired) electrons. The summed E-state index contributed by atoms with van der Waals surface area (Å²) < 4.78 is 5.81. The van der Waals surface area contributed by atoms with Crippen molar-refractivity contribution in [3.05, 3.63) is 0 Å². The van der Waals surface area contributed by atoms with Gasteiger partial charge in [0.1, 0.15) is 0 Å². The molecule has 2 aliphatic rings. The van der Waals surface area contributed by atoms with Crippen molar-refractivity contribution in [3.63, 3.8) is 0 Å². The molecular formula is C16H32N2O. The first-order chi connectivity index (χ1) is 9.15. The summed E-state index contributed by atoms with van der Waals surface area (Å²) >= 11 is 0. The van der Waals surface area contributed by atoms with E-state index < -0.39 is 0 Å². The van der Waals surface area contributed by atoms with Crippen molar-refractivity contribution in [2.45, 2.75) is 52.5 Å². The molecule has 3 atom stereocenters. The molecule has 0 spiro atoms. The molecule has 0 aromatic rings. The molecular weight excluding hydrogens is 236 g/mol. The second-order valence-corrected chi connectivity index (χ2v) is 6.89. The Bertz CT molecular complexity index is 263. The Morgan fingerprint density at radius 3 is 2.84 bits per heavy atom. The molecule has 3 nitrogen and oxygen atoms in total. The molecule has 0 aromatic carbocycles. The van der Waals surface area contributed by atoms with Crippen LogP contribution in [0.5, 0.6) is 0 Å². The third kappa shape index (κ3) is 4.17. The van der Waals surface area contributed by atoms with Crippen LogP contribution in [0.2, 0.25) is 0 Å². The molecule has 0 bridgehead atoms. The number of nitrogens with zero attached hydrogens (tertiary/aromatic N) is 1. The third-order valence-corrected chi connectivity index (χ3v) is 4.97. The molecule has 2 saturated heterocycles. The van der Waals surface area contributed by atoms with Gasteiger partial charge in [-0.3, -0.25) is 4.90 Å². The van der Waals surface area contributed by atoms with Crippen molar-refractivity contribution in [2.75, 3.05) is 39.4 Å². The molecule has 1 N–H and O–H groups in total. The topological polar surface area (TPSA) is 24.5 Å². The number of hydrogen-bond donors (Lipinski definition) is 1. The fourth-order valence-corrected chi connectivity index (χ4v) is 3.74. The predicted octanol–water partition coefficient (Wildman–Crippen LogP) is 2.51. The van der Waals surface area contributed by atoms with Crippen LogP contribution < -0.4 is 5.32 Å². The standard InChI is InChI=1S/C16H32N2O/c1-4-17-11-16(7-5-9-19-13-16)12-18-8-6-14(2)10-15(18)3/h14-15,17H,4-13H2,1-3H3. The minimum atomic E-state index is 0.350. The maximum Gasteiger partial charge on any atom is 0.0546 e. The van der Waals surface area contributed by atoms with E-state index in [0.717, 1.165) is 38.3 Å². The Morgan fingerprint density at radius 2 is 2.21 bits per heavy atom. The molecule has 0 amide bonds. The molecule has 112 valence electrons. The normalized spacial score (nSPS) is 37.4. The van der Waals surface area contributed by atoms with Crippen LogP contribution in [0.15, 0.2) is 0 Å². The van der Waals surface area contributed by atoms with E-state index in [0.29, 0.717) is 5.41 Å². The van der Waals surface area contributed by atoms with Crippen molar-refractivity contribution >= 4 is 0 Å². The lowest BCUT2D eigenvalue weighted by Crippen LogP contribution is -2.52. The fourth-order valence-electron chi connectivity index (χ4n) is 3.74. The SMILES string of the molecule is CCNCC1(CN2CCC(C)CC2C)CCCOC1. The predicted molar refractivity (Wildman–Crippen MR) is 80.5 cm³/mol. The van der Waals surface area contributed by atoms with Crippen LogP contribution in [0, 0.1) is 11.3 Å². The van der Waals surface area contributed by atoms with Gasteiger partial charge in [-0.1, -0.05) is 13.8 Å². The van der Waals surface area contributed by atoms with E-state index in [4.69, 9.17) is 4.74 Å². The van der Waals surface area contributed by atoms with Crippen molar-refractivity contribution < 1.29 is 4.74 Å². The smallest absolute Gasteiger partial charge is 0.0546 e. The van der Waals surface area contributed by atoms with E-state index in [2.05, 4.69) is 31.0 Å². The van der Waals surface area contributed by atoms with Gasteiger partial charge in [-0.05, 0) is 51.6 Å². The molecule has 0 saturated carbocycles. The van der Waals surface area contributed by atoms with Gasteiger partial charge in [0, 0.05) is 31.2 Å². The maximum absolute atomic E-state index is 5.81. The van der Waals surface area contributed by atoms with E-state index >= 15 is 0 Å². The van der Waals surface area contributed by atoms with Crippen molar-refractivity contribution in [1.29, 1.82) is 0 Å². The Labute approximate surface area is 119 Å². The molecule has 3 heteroatoms. The van der Waals surface area contributed by atoms with Crippen LogP contribution in [0.3, 0.4) is 0 Å². The Balaban J connectivity index is 1.94. The Hall–Kier alpha value is -0.120. The minimum absolute atomic E-state index is 0.350. The van der Waals surface area contributed by atoms with Gasteiger partial charge in [0.25, 0.3) is 0 Å². The quantitative estimate of drug-likeness (QED) is 0.829. The lowest BCUT2D eigenvalue weighted by Gasteiger charge is -2.45.